The first-order valence-corrected chi connectivity index (χ1v) is 10.6. The van der Waals surface area contributed by atoms with E-state index in [9.17, 15) is 0 Å². The van der Waals surface area contributed by atoms with E-state index >= 15 is 0 Å². The van der Waals surface area contributed by atoms with E-state index in [0.29, 0.717) is 55.0 Å². The van der Waals surface area contributed by atoms with Gasteiger partial charge in [0.25, 0.3) is 0 Å². The van der Waals surface area contributed by atoms with Gasteiger partial charge >= 0.3 is 0 Å². The lowest BCUT2D eigenvalue weighted by Gasteiger charge is -2.17. The Hall–Kier alpha value is -3.08. The fraction of sp³-hybridized carbons (Fsp3) is 0.154. The van der Waals surface area contributed by atoms with Crippen LogP contribution in [0.3, 0.4) is 0 Å². The number of hydrogen-bond donors (Lipinski definition) is 0. The number of benzene rings is 2. The zero-order chi connectivity index (χ0) is 23.3. The summed E-state index contributed by atoms with van der Waals surface area (Å²) in [5.74, 6) is 2.21. The van der Waals surface area contributed by atoms with E-state index in [4.69, 9.17) is 42.1 Å². The van der Waals surface area contributed by atoms with Crippen molar-refractivity contribution in [3.8, 4) is 23.0 Å². The Morgan fingerprint density at radius 1 is 0.594 bits per heavy atom. The molecular weight excluding hydrogens is 447 g/mol. The Bertz CT molecular complexity index is 918. The molecule has 0 aliphatic rings. The molecule has 4 nitrogen and oxygen atoms in total. The Kier molecular flexibility index (Phi) is 10.5. The van der Waals surface area contributed by atoms with E-state index in [0.717, 1.165) is 11.1 Å². The summed E-state index contributed by atoms with van der Waals surface area (Å²) >= 11 is 12.6. The molecule has 0 aliphatic carbocycles. The van der Waals surface area contributed by atoms with Gasteiger partial charge in [0.1, 0.15) is 30.9 Å². The molecule has 6 heteroatoms. The van der Waals surface area contributed by atoms with Crippen LogP contribution in [0.5, 0.6) is 23.0 Å². The fourth-order valence-electron chi connectivity index (χ4n) is 2.77. The summed E-state index contributed by atoms with van der Waals surface area (Å²) in [6.07, 6.45) is 6.63. The van der Waals surface area contributed by atoms with Crippen molar-refractivity contribution in [1.82, 2.24) is 0 Å². The van der Waals surface area contributed by atoms with Crippen molar-refractivity contribution in [2.45, 2.75) is 0 Å². The second-order valence-electron chi connectivity index (χ2n) is 6.36. The van der Waals surface area contributed by atoms with Crippen molar-refractivity contribution >= 4 is 28.8 Å². The second kappa shape index (κ2) is 13.4. The minimum atomic E-state index is 0.0915. The van der Waals surface area contributed by atoms with E-state index in [1.807, 2.05) is 24.3 Å². The molecule has 2 aromatic rings. The van der Waals surface area contributed by atoms with Gasteiger partial charge < -0.3 is 18.9 Å². The molecule has 0 N–H and O–H groups in total. The molecule has 0 spiro atoms. The van der Waals surface area contributed by atoms with Gasteiger partial charge in [0.15, 0.2) is 23.0 Å². The monoisotopic (exact) mass is 472 g/mol. The molecule has 0 atom stereocenters. The van der Waals surface area contributed by atoms with Crippen molar-refractivity contribution in [2.75, 3.05) is 26.4 Å². The maximum Gasteiger partial charge on any atom is 0.162 e. The van der Waals surface area contributed by atoms with Gasteiger partial charge in [0, 0.05) is 5.57 Å². The third kappa shape index (κ3) is 6.98. The third-order valence-electron chi connectivity index (χ3n) is 4.08. The average Bonchev–Trinajstić information content (AvgIpc) is 2.79. The van der Waals surface area contributed by atoms with Gasteiger partial charge in [-0.3, -0.25) is 0 Å². The lowest BCUT2D eigenvalue weighted by Crippen LogP contribution is -2.02. The fourth-order valence-corrected chi connectivity index (χ4v) is 3.21. The molecule has 0 heterocycles. The highest BCUT2D eigenvalue weighted by molar-refractivity contribution is 6.59. The van der Waals surface area contributed by atoms with Gasteiger partial charge in [0.05, 0.1) is 0 Å². The summed E-state index contributed by atoms with van der Waals surface area (Å²) in [5, 5.41) is 0. The summed E-state index contributed by atoms with van der Waals surface area (Å²) in [4.78, 5) is 0. The molecule has 168 valence electrons. The van der Waals surface area contributed by atoms with Gasteiger partial charge in [-0.15, -0.1) is 0 Å². The smallest absolute Gasteiger partial charge is 0.162 e. The van der Waals surface area contributed by atoms with Crippen LogP contribution in [0.25, 0.3) is 5.57 Å². The SMILES string of the molecule is C=CCOc1ccc(C(=C(Cl)Cl)c2ccc(OCC=C)c(OCC=C)c2)cc1OCC=C. The maximum atomic E-state index is 6.32. The van der Waals surface area contributed by atoms with Crippen molar-refractivity contribution < 1.29 is 18.9 Å². The van der Waals surface area contributed by atoms with Crippen LogP contribution < -0.4 is 18.9 Å². The molecule has 0 unspecified atom stereocenters. The van der Waals surface area contributed by atoms with Gasteiger partial charge in [-0.1, -0.05) is 86.0 Å². The minimum absolute atomic E-state index is 0.0915. The van der Waals surface area contributed by atoms with Gasteiger partial charge in [-0.2, -0.15) is 0 Å². The molecule has 0 saturated heterocycles. The first-order chi connectivity index (χ1) is 15.5. The van der Waals surface area contributed by atoms with Crippen molar-refractivity contribution in [1.29, 1.82) is 0 Å². The Morgan fingerprint density at radius 2 is 0.938 bits per heavy atom. The molecule has 0 radical (unpaired) electrons. The van der Waals surface area contributed by atoms with Crippen LogP contribution in [0.4, 0.5) is 0 Å². The zero-order valence-corrected chi connectivity index (χ0v) is 19.3. The van der Waals surface area contributed by atoms with Gasteiger partial charge in [-0.05, 0) is 35.4 Å². The van der Waals surface area contributed by atoms with Crippen LogP contribution in [0.15, 0.2) is 91.5 Å². The molecule has 0 saturated carbocycles. The Labute approximate surface area is 199 Å². The summed E-state index contributed by atoms with van der Waals surface area (Å²) in [6.45, 7) is 16.1. The topological polar surface area (TPSA) is 36.9 Å². The quantitative estimate of drug-likeness (QED) is 0.273. The maximum absolute atomic E-state index is 6.32. The van der Waals surface area contributed by atoms with E-state index in [1.54, 1.807) is 36.4 Å². The van der Waals surface area contributed by atoms with Crippen LogP contribution >= 0.6 is 23.2 Å². The second-order valence-corrected chi connectivity index (χ2v) is 7.31. The molecule has 2 aromatic carbocycles. The summed E-state index contributed by atoms with van der Waals surface area (Å²) in [6, 6.07) is 10.9. The first-order valence-electron chi connectivity index (χ1n) is 9.84. The lowest BCUT2D eigenvalue weighted by atomic mass is 9.98. The number of hydrogen-bond acceptors (Lipinski definition) is 4. The standard InChI is InChI=1S/C26H26Cl2O4/c1-5-13-29-21-11-9-19(17-23(21)31-15-7-3)25(26(27)28)20-10-12-22(30-14-6-2)24(18-20)32-16-8-4/h5-12,17-18H,1-4,13-16H2. The third-order valence-corrected chi connectivity index (χ3v) is 4.46. The highest BCUT2D eigenvalue weighted by atomic mass is 35.5. The molecule has 0 bridgehead atoms. The molecule has 2 rings (SSSR count). The van der Waals surface area contributed by atoms with Crippen molar-refractivity contribution in [2.24, 2.45) is 0 Å². The molecule has 0 aliphatic heterocycles. The average molecular weight is 473 g/mol. The summed E-state index contributed by atoms with van der Waals surface area (Å²) in [7, 11) is 0. The van der Waals surface area contributed by atoms with Gasteiger partial charge in [0.2, 0.25) is 0 Å². The number of ether oxygens (including phenoxy) is 4. The van der Waals surface area contributed by atoms with Crippen LogP contribution in [0, 0.1) is 0 Å². The van der Waals surface area contributed by atoms with Crippen LogP contribution in [0.2, 0.25) is 0 Å². The van der Waals surface area contributed by atoms with E-state index in [-0.39, 0.29) is 4.49 Å². The summed E-state index contributed by atoms with van der Waals surface area (Å²) in [5.41, 5.74) is 2.08. The first kappa shape index (κ1) is 25.2. The highest BCUT2D eigenvalue weighted by Crippen LogP contribution is 2.39. The van der Waals surface area contributed by atoms with E-state index in [2.05, 4.69) is 26.3 Å². The van der Waals surface area contributed by atoms with Crippen LogP contribution in [-0.2, 0) is 0 Å². The van der Waals surface area contributed by atoms with Crippen LogP contribution in [-0.4, -0.2) is 26.4 Å². The lowest BCUT2D eigenvalue weighted by molar-refractivity contribution is 0.308. The summed E-state index contributed by atoms with van der Waals surface area (Å²) < 4.78 is 23.0. The Balaban J connectivity index is 2.52. The van der Waals surface area contributed by atoms with E-state index < -0.39 is 0 Å². The largest absolute Gasteiger partial charge is 0.486 e. The predicted molar refractivity (Wildman–Crippen MR) is 133 cm³/mol. The minimum Gasteiger partial charge on any atom is -0.486 e. The zero-order valence-electron chi connectivity index (χ0n) is 17.8. The normalized spacial score (nSPS) is 9.94. The number of rotatable bonds is 14. The molecule has 0 aromatic heterocycles. The molecular formula is C26H26Cl2O4. The van der Waals surface area contributed by atoms with Crippen LogP contribution in [0.1, 0.15) is 11.1 Å². The van der Waals surface area contributed by atoms with Crippen molar-refractivity contribution in [3.05, 3.63) is 103 Å². The van der Waals surface area contributed by atoms with Crippen molar-refractivity contribution in [3.63, 3.8) is 0 Å². The van der Waals surface area contributed by atoms with Gasteiger partial charge in [-0.25, -0.2) is 0 Å². The molecule has 0 fully saturated rings. The molecule has 0 amide bonds. The number of halogens is 2. The highest BCUT2D eigenvalue weighted by Gasteiger charge is 2.16. The molecule has 32 heavy (non-hydrogen) atoms. The van der Waals surface area contributed by atoms with E-state index in [1.165, 1.54) is 0 Å². The Morgan fingerprint density at radius 3 is 1.25 bits per heavy atom. The predicted octanol–water partition coefficient (Wildman–Crippen LogP) is 7.14.